The van der Waals surface area contributed by atoms with Crippen LogP contribution in [0, 0.1) is 5.92 Å². The van der Waals surface area contributed by atoms with Crippen LogP contribution in [0.2, 0.25) is 0 Å². The summed E-state index contributed by atoms with van der Waals surface area (Å²) in [6.45, 7) is 3.61. The first kappa shape index (κ1) is 22.5. The van der Waals surface area contributed by atoms with Crippen molar-refractivity contribution in [3.63, 3.8) is 0 Å². The third kappa shape index (κ3) is 8.01. The molecule has 2 N–H and O–H groups in total. The molecule has 8 heteroatoms. The Morgan fingerprint density at radius 2 is 2.07 bits per heavy atom. The molecule has 1 aliphatic heterocycles. The monoisotopic (exact) mass is 405 g/mol. The summed E-state index contributed by atoms with van der Waals surface area (Å²) < 4.78 is 9.99. The lowest BCUT2D eigenvalue weighted by Crippen LogP contribution is -2.47. The van der Waals surface area contributed by atoms with E-state index in [4.69, 9.17) is 9.47 Å². The largest absolute Gasteiger partial charge is 0.497 e. The van der Waals surface area contributed by atoms with E-state index in [2.05, 4.69) is 10.6 Å². The minimum absolute atomic E-state index is 0.00305. The van der Waals surface area contributed by atoms with E-state index in [1.54, 1.807) is 18.9 Å². The summed E-state index contributed by atoms with van der Waals surface area (Å²) in [6.07, 6.45) is 3.03. The summed E-state index contributed by atoms with van der Waals surface area (Å²) >= 11 is 0. The van der Waals surface area contributed by atoms with Crippen molar-refractivity contribution in [3.8, 4) is 5.75 Å². The molecule has 29 heavy (non-hydrogen) atoms. The molecule has 0 saturated carbocycles. The molecule has 1 atom stereocenters. The molecule has 0 aromatic heterocycles. The van der Waals surface area contributed by atoms with E-state index in [0.29, 0.717) is 32.7 Å². The smallest absolute Gasteiger partial charge is 0.325 e. The Morgan fingerprint density at radius 1 is 1.24 bits per heavy atom. The molecule has 8 nitrogen and oxygen atoms in total. The van der Waals surface area contributed by atoms with Crippen molar-refractivity contribution in [1.29, 1.82) is 0 Å². The van der Waals surface area contributed by atoms with E-state index in [9.17, 15) is 14.4 Å². The van der Waals surface area contributed by atoms with E-state index in [1.807, 2.05) is 24.3 Å². The van der Waals surface area contributed by atoms with Crippen molar-refractivity contribution in [3.05, 3.63) is 29.8 Å². The third-order valence-corrected chi connectivity index (χ3v) is 4.90. The minimum Gasteiger partial charge on any atom is -0.497 e. The predicted octanol–water partition coefficient (Wildman–Crippen LogP) is 2.08. The second-order valence-electron chi connectivity index (χ2n) is 7.08. The van der Waals surface area contributed by atoms with Gasteiger partial charge in [-0.05, 0) is 49.8 Å². The van der Waals surface area contributed by atoms with Gasteiger partial charge in [-0.3, -0.25) is 9.59 Å². The van der Waals surface area contributed by atoms with Gasteiger partial charge in [0.1, 0.15) is 12.3 Å². The summed E-state index contributed by atoms with van der Waals surface area (Å²) in [6, 6.07) is 7.34. The molecule has 1 aromatic rings. The van der Waals surface area contributed by atoms with Gasteiger partial charge in [0.25, 0.3) is 0 Å². The second-order valence-corrected chi connectivity index (χ2v) is 7.08. The van der Waals surface area contributed by atoms with Crippen LogP contribution in [0.5, 0.6) is 5.75 Å². The van der Waals surface area contributed by atoms with Gasteiger partial charge in [-0.15, -0.1) is 0 Å². The molecule has 3 amide bonds. The lowest BCUT2D eigenvalue weighted by atomic mass is 9.93. The average molecular weight is 405 g/mol. The van der Waals surface area contributed by atoms with Gasteiger partial charge in [-0.1, -0.05) is 12.1 Å². The molecule has 1 fully saturated rings. The van der Waals surface area contributed by atoms with Crippen molar-refractivity contribution < 1.29 is 23.9 Å². The highest BCUT2D eigenvalue weighted by Crippen LogP contribution is 2.21. The first-order valence-electron chi connectivity index (χ1n) is 10.1. The number of nitrogens with zero attached hydrogens (tertiary/aromatic N) is 1. The highest BCUT2D eigenvalue weighted by Gasteiger charge is 2.24. The van der Waals surface area contributed by atoms with Gasteiger partial charge in [-0.2, -0.15) is 0 Å². The summed E-state index contributed by atoms with van der Waals surface area (Å²) in [7, 11) is 1.61. The molecule has 2 rings (SSSR count). The van der Waals surface area contributed by atoms with Gasteiger partial charge in [0.2, 0.25) is 5.91 Å². The number of ether oxygens (including phenoxy) is 2. The normalized spacial score (nSPS) is 16.1. The number of methoxy groups -OCH3 is 1. The van der Waals surface area contributed by atoms with Crippen LogP contribution < -0.4 is 15.4 Å². The van der Waals surface area contributed by atoms with Crippen LogP contribution in [0.4, 0.5) is 4.79 Å². The van der Waals surface area contributed by atoms with Gasteiger partial charge in [0.05, 0.1) is 13.7 Å². The maximum absolute atomic E-state index is 12.2. The lowest BCUT2D eigenvalue weighted by molar-refractivity contribution is -0.141. The number of rotatable bonds is 9. The van der Waals surface area contributed by atoms with Crippen molar-refractivity contribution in [2.75, 3.05) is 33.4 Å². The number of amides is 3. The number of likely N-dealkylation sites (tertiary alicyclic amines) is 1. The number of esters is 1. The molecule has 1 heterocycles. The molecule has 0 radical (unpaired) electrons. The van der Waals surface area contributed by atoms with Gasteiger partial charge in [-0.25, -0.2) is 4.79 Å². The van der Waals surface area contributed by atoms with Gasteiger partial charge < -0.3 is 25.0 Å². The van der Waals surface area contributed by atoms with Crippen molar-refractivity contribution in [1.82, 2.24) is 15.5 Å². The lowest BCUT2D eigenvalue weighted by Gasteiger charge is -2.32. The molecule has 1 saturated heterocycles. The molecule has 0 bridgehead atoms. The molecular formula is C21H31N3O5. The van der Waals surface area contributed by atoms with Gasteiger partial charge >= 0.3 is 12.0 Å². The summed E-state index contributed by atoms with van der Waals surface area (Å²) in [5, 5.41) is 5.52. The standard InChI is InChI=1S/C21H31N3O5/c1-3-29-20(26)14-23-21(27)24-11-5-7-16(15-24)9-10-19(25)22-13-17-6-4-8-18(12-17)28-2/h4,6,8,12,16H,3,5,7,9-11,13-15H2,1-2H3,(H,22,25)(H,23,27). The van der Waals surface area contributed by atoms with Crippen LogP contribution in [-0.4, -0.2) is 56.2 Å². The van der Waals surface area contributed by atoms with Crippen molar-refractivity contribution in [2.24, 2.45) is 5.92 Å². The Kier molecular flexibility index (Phi) is 9.27. The zero-order valence-corrected chi connectivity index (χ0v) is 17.2. The van der Waals surface area contributed by atoms with Crippen LogP contribution >= 0.6 is 0 Å². The number of urea groups is 1. The predicted molar refractivity (Wildman–Crippen MR) is 108 cm³/mol. The second kappa shape index (κ2) is 11.9. The van der Waals surface area contributed by atoms with Crippen LogP contribution in [-0.2, 0) is 20.9 Å². The van der Waals surface area contributed by atoms with Crippen molar-refractivity contribution in [2.45, 2.75) is 39.2 Å². The topological polar surface area (TPSA) is 97.0 Å². The molecule has 0 spiro atoms. The van der Waals surface area contributed by atoms with Gasteiger partial charge in [0, 0.05) is 26.1 Å². The maximum Gasteiger partial charge on any atom is 0.325 e. The van der Waals surface area contributed by atoms with Crippen LogP contribution in [0.1, 0.15) is 38.2 Å². The van der Waals surface area contributed by atoms with E-state index in [0.717, 1.165) is 30.6 Å². The quantitative estimate of drug-likeness (QED) is 0.613. The van der Waals surface area contributed by atoms with E-state index in [1.165, 1.54) is 0 Å². The Hall–Kier alpha value is -2.77. The highest BCUT2D eigenvalue weighted by molar-refractivity contribution is 5.81. The summed E-state index contributed by atoms with van der Waals surface area (Å²) in [5.41, 5.74) is 0.986. The fourth-order valence-corrected chi connectivity index (χ4v) is 3.36. The Balaban J connectivity index is 1.69. The zero-order valence-electron chi connectivity index (χ0n) is 17.2. The SMILES string of the molecule is CCOC(=O)CNC(=O)N1CCCC(CCC(=O)NCc2cccc(OC)c2)C1. The van der Waals surface area contributed by atoms with Crippen LogP contribution in [0.15, 0.2) is 24.3 Å². The third-order valence-electron chi connectivity index (χ3n) is 4.90. The van der Waals surface area contributed by atoms with Crippen molar-refractivity contribution >= 4 is 17.9 Å². The number of carbonyl (C=O) groups is 3. The fourth-order valence-electron chi connectivity index (χ4n) is 3.36. The molecule has 0 aliphatic carbocycles. The zero-order chi connectivity index (χ0) is 21.1. The van der Waals surface area contributed by atoms with E-state index in [-0.39, 0.29) is 24.4 Å². The summed E-state index contributed by atoms with van der Waals surface area (Å²) in [4.78, 5) is 37.5. The van der Waals surface area contributed by atoms with E-state index >= 15 is 0 Å². The van der Waals surface area contributed by atoms with Crippen LogP contribution in [0.3, 0.4) is 0 Å². The highest BCUT2D eigenvalue weighted by atomic mass is 16.5. The number of benzene rings is 1. The number of carbonyl (C=O) groups excluding carboxylic acids is 3. The maximum atomic E-state index is 12.2. The Bertz CT molecular complexity index is 695. The number of piperidine rings is 1. The fraction of sp³-hybridized carbons (Fsp3) is 0.571. The molecule has 160 valence electrons. The Labute approximate surface area is 171 Å². The molecule has 1 unspecified atom stereocenters. The number of hydrogen-bond donors (Lipinski definition) is 2. The Morgan fingerprint density at radius 3 is 2.83 bits per heavy atom. The first-order valence-corrected chi connectivity index (χ1v) is 10.1. The average Bonchev–Trinajstić information content (AvgIpc) is 2.75. The minimum atomic E-state index is -0.442. The number of nitrogens with one attached hydrogen (secondary N) is 2. The molecule has 1 aliphatic rings. The molecule has 1 aromatic carbocycles. The van der Waals surface area contributed by atoms with Gasteiger partial charge in [0.15, 0.2) is 0 Å². The van der Waals surface area contributed by atoms with Crippen LogP contribution in [0.25, 0.3) is 0 Å². The molecular weight excluding hydrogens is 374 g/mol. The number of hydrogen-bond acceptors (Lipinski definition) is 5. The first-order chi connectivity index (χ1) is 14.0. The summed E-state index contributed by atoms with van der Waals surface area (Å²) in [5.74, 6) is 0.596. The van der Waals surface area contributed by atoms with E-state index < -0.39 is 5.97 Å².